The van der Waals surface area contributed by atoms with E-state index in [1.54, 1.807) is 6.07 Å². The van der Waals surface area contributed by atoms with Gasteiger partial charge >= 0.3 is 0 Å². The average molecular weight is 244 g/mol. The fourth-order valence-electron chi connectivity index (χ4n) is 2.62. The van der Waals surface area contributed by atoms with Crippen molar-refractivity contribution >= 4 is 0 Å². The Hall–Kier alpha value is -1.88. The number of aromatic nitrogens is 3. The molecule has 2 aromatic heterocycles. The van der Waals surface area contributed by atoms with Crippen molar-refractivity contribution in [2.45, 2.75) is 19.4 Å². The standard InChI is InChI=1S/C13H16N4O/c1-8-12-9(6-7-14-8)13(17(2)16-12)10-4-3-5-11(18)15-10/h3-5,8,14H,6-7H2,1-2H3,(H,15,18). The lowest BCUT2D eigenvalue weighted by Crippen LogP contribution is -2.27. The van der Waals surface area contributed by atoms with Gasteiger partial charge < -0.3 is 10.3 Å². The first kappa shape index (κ1) is 11.2. The molecule has 18 heavy (non-hydrogen) atoms. The number of fused-ring (bicyclic) bond motifs is 1. The molecular formula is C13H16N4O. The molecule has 1 atom stereocenters. The van der Waals surface area contributed by atoms with Crippen molar-refractivity contribution in [1.29, 1.82) is 0 Å². The molecule has 0 saturated heterocycles. The van der Waals surface area contributed by atoms with Gasteiger partial charge in [-0.3, -0.25) is 9.48 Å². The van der Waals surface area contributed by atoms with Crippen molar-refractivity contribution in [2.24, 2.45) is 7.05 Å². The molecule has 0 amide bonds. The maximum absolute atomic E-state index is 11.4. The topological polar surface area (TPSA) is 62.7 Å². The molecule has 1 unspecified atom stereocenters. The zero-order chi connectivity index (χ0) is 12.7. The van der Waals surface area contributed by atoms with E-state index in [1.165, 1.54) is 11.6 Å². The lowest BCUT2D eigenvalue weighted by atomic mass is 9.99. The summed E-state index contributed by atoms with van der Waals surface area (Å²) in [6, 6.07) is 5.49. The van der Waals surface area contributed by atoms with Crippen LogP contribution < -0.4 is 10.9 Å². The van der Waals surface area contributed by atoms with Crippen molar-refractivity contribution in [2.75, 3.05) is 6.54 Å². The molecule has 0 aliphatic carbocycles. The minimum Gasteiger partial charge on any atom is -0.321 e. The van der Waals surface area contributed by atoms with Gasteiger partial charge in [0.2, 0.25) is 5.56 Å². The Balaban J connectivity index is 2.21. The van der Waals surface area contributed by atoms with E-state index in [4.69, 9.17) is 0 Å². The molecular weight excluding hydrogens is 228 g/mol. The van der Waals surface area contributed by atoms with Crippen LogP contribution in [0.25, 0.3) is 11.4 Å². The monoisotopic (exact) mass is 244 g/mol. The van der Waals surface area contributed by atoms with Crippen LogP contribution in [0.5, 0.6) is 0 Å². The van der Waals surface area contributed by atoms with Crippen LogP contribution in [0.2, 0.25) is 0 Å². The fraction of sp³-hybridized carbons (Fsp3) is 0.385. The molecule has 3 rings (SSSR count). The Morgan fingerprint density at radius 3 is 3.06 bits per heavy atom. The maximum atomic E-state index is 11.4. The number of nitrogens with one attached hydrogen (secondary N) is 2. The van der Waals surface area contributed by atoms with E-state index in [2.05, 4.69) is 22.3 Å². The summed E-state index contributed by atoms with van der Waals surface area (Å²) in [6.45, 7) is 3.06. The van der Waals surface area contributed by atoms with Gasteiger partial charge in [-0.25, -0.2) is 0 Å². The first-order valence-electron chi connectivity index (χ1n) is 6.15. The van der Waals surface area contributed by atoms with Gasteiger partial charge in [0.25, 0.3) is 0 Å². The van der Waals surface area contributed by atoms with Gasteiger partial charge in [-0.1, -0.05) is 6.07 Å². The van der Waals surface area contributed by atoms with E-state index in [9.17, 15) is 4.79 Å². The lowest BCUT2D eigenvalue weighted by molar-refractivity contribution is 0.525. The second-order valence-corrected chi connectivity index (χ2v) is 4.69. The highest BCUT2D eigenvalue weighted by Crippen LogP contribution is 2.29. The molecule has 94 valence electrons. The van der Waals surface area contributed by atoms with Gasteiger partial charge in [0.05, 0.1) is 17.1 Å². The summed E-state index contributed by atoms with van der Waals surface area (Å²) in [6.07, 6.45) is 0.944. The zero-order valence-electron chi connectivity index (χ0n) is 10.5. The Labute approximate surface area is 105 Å². The normalized spacial score (nSPS) is 18.7. The average Bonchev–Trinajstić information content (AvgIpc) is 2.67. The molecule has 0 spiro atoms. The van der Waals surface area contributed by atoms with Crippen molar-refractivity contribution < 1.29 is 0 Å². The summed E-state index contributed by atoms with van der Waals surface area (Å²) in [4.78, 5) is 14.3. The summed E-state index contributed by atoms with van der Waals surface area (Å²) < 4.78 is 1.86. The highest BCUT2D eigenvalue weighted by Gasteiger charge is 2.24. The smallest absolute Gasteiger partial charge is 0.248 e. The molecule has 0 bridgehead atoms. The zero-order valence-corrected chi connectivity index (χ0v) is 10.5. The van der Waals surface area contributed by atoms with Gasteiger partial charge in [0.1, 0.15) is 0 Å². The van der Waals surface area contributed by atoms with Gasteiger partial charge in [0, 0.05) is 24.7 Å². The van der Waals surface area contributed by atoms with E-state index in [0.717, 1.165) is 30.0 Å². The summed E-state index contributed by atoms with van der Waals surface area (Å²) in [5.41, 5.74) is 4.11. The molecule has 5 nitrogen and oxygen atoms in total. The number of aryl methyl sites for hydroxylation is 1. The predicted octanol–water partition coefficient (Wildman–Crippen LogP) is 0.982. The largest absolute Gasteiger partial charge is 0.321 e. The first-order chi connectivity index (χ1) is 8.66. The number of aromatic amines is 1. The Morgan fingerprint density at radius 2 is 2.28 bits per heavy atom. The number of H-pyrrole nitrogens is 1. The molecule has 5 heteroatoms. The van der Waals surface area contributed by atoms with E-state index in [-0.39, 0.29) is 11.6 Å². The predicted molar refractivity (Wildman–Crippen MR) is 69.4 cm³/mol. The van der Waals surface area contributed by atoms with Crippen molar-refractivity contribution in [3.05, 3.63) is 39.8 Å². The van der Waals surface area contributed by atoms with E-state index < -0.39 is 0 Å². The van der Waals surface area contributed by atoms with Crippen LogP contribution in [0, 0.1) is 0 Å². The lowest BCUT2D eigenvalue weighted by Gasteiger charge is -2.19. The first-order valence-corrected chi connectivity index (χ1v) is 6.15. The van der Waals surface area contributed by atoms with Crippen LogP contribution in [0.3, 0.4) is 0 Å². The molecule has 0 radical (unpaired) electrons. The number of nitrogens with zero attached hydrogens (tertiary/aromatic N) is 2. The fourth-order valence-corrected chi connectivity index (χ4v) is 2.62. The number of hydrogen-bond acceptors (Lipinski definition) is 3. The summed E-state index contributed by atoms with van der Waals surface area (Å²) in [7, 11) is 1.92. The van der Waals surface area contributed by atoms with Crippen LogP contribution >= 0.6 is 0 Å². The summed E-state index contributed by atoms with van der Waals surface area (Å²) in [5.74, 6) is 0. The van der Waals surface area contributed by atoms with Gasteiger partial charge in [-0.2, -0.15) is 5.10 Å². The summed E-state index contributed by atoms with van der Waals surface area (Å²) >= 11 is 0. The molecule has 1 aliphatic heterocycles. The molecule has 0 saturated carbocycles. The Morgan fingerprint density at radius 1 is 1.44 bits per heavy atom. The quantitative estimate of drug-likeness (QED) is 0.786. The molecule has 1 aliphatic rings. The molecule has 0 aromatic carbocycles. The number of pyridine rings is 1. The van der Waals surface area contributed by atoms with Crippen molar-refractivity contribution in [3.63, 3.8) is 0 Å². The molecule has 2 N–H and O–H groups in total. The van der Waals surface area contributed by atoms with Crippen molar-refractivity contribution in [3.8, 4) is 11.4 Å². The van der Waals surface area contributed by atoms with Crippen LogP contribution in [-0.2, 0) is 13.5 Å². The minimum atomic E-state index is -0.0792. The Kier molecular flexibility index (Phi) is 2.56. The van der Waals surface area contributed by atoms with E-state index in [0.29, 0.717) is 0 Å². The van der Waals surface area contributed by atoms with Crippen LogP contribution in [0.4, 0.5) is 0 Å². The molecule has 2 aromatic rings. The van der Waals surface area contributed by atoms with Crippen molar-refractivity contribution in [1.82, 2.24) is 20.1 Å². The van der Waals surface area contributed by atoms with Gasteiger partial charge in [-0.05, 0) is 26.0 Å². The maximum Gasteiger partial charge on any atom is 0.248 e. The second kappa shape index (κ2) is 4.10. The Bertz CT molecular complexity index is 641. The highest BCUT2D eigenvalue weighted by molar-refractivity contribution is 5.61. The van der Waals surface area contributed by atoms with Gasteiger partial charge in [0.15, 0.2) is 0 Å². The van der Waals surface area contributed by atoms with Gasteiger partial charge in [-0.15, -0.1) is 0 Å². The van der Waals surface area contributed by atoms with Crippen LogP contribution in [-0.4, -0.2) is 21.3 Å². The SMILES string of the molecule is CC1NCCc2c1nn(C)c2-c1cccc(=O)[nH]1. The summed E-state index contributed by atoms with van der Waals surface area (Å²) in [5, 5.41) is 7.96. The minimum absolute atomic E-state index is 0.0792. The number of hydrogen-bond donors (Lipinski definition) is 2. The third-order valence-corrected chi connectivity index (χ3v) is 3.44. The van der Waals surface area contributed by atoms with Crippen LogP contribution in [0.1, 0.15) is 24.2 Å². The third kappa shape index (κ3) is 1.67. The van der Waals surface area contributed by atoms with E-state index in [1.807, 2.05) is 17.8 Å². The third-order valence-electron chi connectivity index (χ3n) is 3.44. The highest BCUT2D eigenvalue weighted by atomic mass is 16.1. The second-order valence-electron chi connectivity index (χ2n) is 4.69. The molecule has 3 heterocycles. The molecule has 0 fully saturated rings. The van der Waals surface area contributed by atoms with E-state index >= 15 is 0 Å². The van der Waals surface area contributed by atoms with Crippen LogP contribution in [0.15, 0.2) is 23.0 Å². The number of rotatable bonds is 1.